The number of rotatable bonds is 7. The SMILES string of the molecule is CCN(CCOc1ccccc1C)C(=O)C[C@@H]1CNCCO1. The van der Waals surface area contributed by atoms with Crippen LogP contribution in [0.3, 0.4) is 0 Å². The standard InChI is InChI=1S/C17H26N2O3/c1-3-19(17(20)12-15-13-18-8-10-21-15)9-11-22-16-7-5-4-6-14(16)2/h4-7,15,18H,3,8-13H2,1-2H3/t15-/m1/s1. The fraction of sp³-hybridized carbons (Fsp3) is 0.588. The predicted octanol–water partition coefficient (Wildman–Crippen LogP) is 1.60. The summed E-state index contributed by atoms with van der Waals surface area (Å²) in [5, 5.41) is 3.25. The Labute approximate surface area is 132 Å². The normalized spacial score (nSPS) is 18.0. The third-order valence-corrected chi connectivity index (χ3v) is 3.85. The Morgan fingerprint density at radius 2 is 2.27 bits per heavy atom. The van der Waals surface area contributed by atoms with E-state index in [0.29, 0.717) is 32.7 Å². The molecule has 1 atom stereocenters. The minimum absolute atomic E-state index is 0.00686. The summed E-state index contributed by atoms with van der Waals surface area (Å²) >= 11 is 0. The first-order chi connectivity index (χ1) is 10.7. The zero-order valence-electron chi connectivity index (χ0n) is 13.5. The summed E-state index contributed by atoms with van der Waals surface area (Å²) in [4.78, 5) is 14.1. The van der Waals surface area contributed by atoms with Gasteiger partial charge in [0, 0.05) is 19.6 Å². The molecule has 1 saturated heterocycles. The van der Waals surface area contributed by atoms with Gasteiger partial charge in [-0.2, -0.15) is 0 Å². The van der Waals surface area contributed by atoms with Gasteiger partial charge in [-0.3, -0.25) is 4.79 Å². The second kappa shape index (κ2) is 8.76. The molecule has 0 saturated carbocycles. The zero-order valence-corrected chi connectivity index (χ0v) is 13.5. The minimum atomic E-state index is -0.00686. The highest BCUT2D eigenvalue weighted by atomic mass is 16.5. The fourth-order valence-electron chi connectivity index (χ4n) is 2.52. The molecule has 0 spiro atoms. The van der Waals surface area contributed by atoms with Gasteiger partial charge in [0.2, 0.25) is 5.91 Å². The molecular formula is C17H26N2O3. The fourth-order valence-corrected chi connectivity index (χ4v) is 2.52. The number of amides is 1. The average Bonchev–Trinajstić information content (AvgIpc) is 2.54. The van der Waals surface area contributed by atoms with Crippen molar-refractivity contribution in [3.63, 3.8) is 0 Å². The second-order valence-electron chi connectivity index (χ2n) is 5.49. The van der Waals surface area contributed by atoms with Crippen LogP contribution in [0.5, 0.6) is 5.75 Å². The summed E-state index contributed by atoms with van der Waals surface area (Å²) in [7, 11) is 0. The lowest BCUT2D eigenvalue weighted by atomic mass is 10.2. The molecule has 1 N–H and O–H groups in total. The van der Waals surface area contributed by atoms with Crippen LogP contribution in [0, 0.1) is 6.92 Å². The lowest BCUT2D eigenvalue weighted by molar-refractivity contribution is -0.134. The van der Waals surface area contributed by atoms with Crippen LogP contribution in [0.1, 0.15) is 18.9 Å². The largest absolute Gasteiger partial charge is 0.491 e. The van der Waals surface area contributed by atoms with Crippen molar-refractivity contribution in [2.75, 3.05) is 39.4 Å². The molecule has 0 aliphatic carbocycles. The van der Waals surface area contributed by atoms with Gasteiger partial charge >= 0.3 is 0 Å². The van der Waals surface area contributed by atoms with Crippen molar-refractivity contribution in [1.82, 2.24) is 10.2 Å². The molecule has 0 aromatic heterocycles. The summed E-state index contributed by atoms with van der Waals surface area (Å²) in [6, 6.07) is 7.92. The van der Waals surface area contributed by atoms with Gasteiger partial charge in [0.05, 0.1) is 25.7 Å². The van der Waals surface area contributed by atoms with Gasteiger partial charge < -0.3 is 19.7 Å². The maximum Gasteiger partial charge on any atom is 0.225 e. The summed E-state index contributed by atoms with van der Waals surface area (Å²) in [5.41, 5.74) is 1.11. The number of para-hydroxylation sites is 1. The van der Waals surface area contributed by atoms with Gasteiger partial charge in [-0.25, -0.2) is 0 Å². The van der Waals surface area contributed by atoms with E-state index in [1.807, 2.05) is 43.0 Å². The third kappa shape index (κ3) is 5.00. The molecule has 0 unspecified atom stereocenters. The van der Waals surface area contributed by atoms with Crippen molar-refractivity contribution in [1.29, 1.82) is 0 Å². The Kier molecular flexibility index (Phi) is 6.68. The predicted molar refractivity (Wildman–Crippen MR) is 86.2 cm³/mol. The number of likely N-dealkylation sites (N-methyl/N-ethyl adjacent to an activating group) is 1. The van der Waals surface area contributed by atoms with Gasteiger partial charge in [0.1, 0.15) is 12.4 Å². The number of morpholine rings is 1. The Hall–Kier alpha value is -1.59. The van der Waals surface area contributed by atoms with Crippen LogP contribution in [0.25, 0.3) is 0 Å². The van der Waals surface area contributed by atoms with Crippen LogP contribution in [0.2, 0.25) is 0 Å². The van der Waals surface area contributed by atoms with E-state index in [9.17, 15) is 4.79 Å². The lowest BCUT2D eigenvalue weighted by Gasteiger charge is -2.27. The van der Waals surface area contributed by atoms with Crippen molar-refractivity contribution in [2.45, 2.75) is 26.4 Å². The minimum Gasteiger partial charge on any atom is -0.491 e. The van der Waals surface area contributed by atoms with Crippen LogP contribution in [0.4, 0.5) is 0 Å². The number of nitrogens with one attached hydrogen (secondary N) is 1. The third-order valence-electron chi connectivity index (χ3n) is 3.85. The summed E-state index contributed by atoms with van der Waals surface area (Å²) in [5.74, 6) is 1.01. The number of benzene rings is 1. The quantitative estimate of drug-likeness (QED) is 0.831. The van der Waals surface area contributed by atoms with Crippen LogP contribution in [-0.4, -0.2) is 56.3 Å². The van der Waals surface area contributed by atoms with Crippen LogP contribution < -0.4 is 10.1 Å². The number of carbonyl (C=O) groups excluding carboxylic acids is 1. The smallest absolute Gasteiger partial charge is 0.225 e. The maximum atomic E-state index is 12.3. The van der Waals surface area contributed by atoms with Gasteiger partial charge in [-0.15, -0.1) is 0 Å². The molecule has 0 bridgehead atoms. The summed E-state index contributed by atoms with van der Waals surface area (Å²) < 4.78 is 11.4. The number of ether oxygens (including phenoxy) is 2. The molecule has 5 nitrogen and oxygen atoms in total. The number of carbonyl (C=O) groups is 1. The van der Waals surface area contributed by atoms with Gasteiger partial charge in [-0.1, -0.05) is 18.2 Å². The summed E-state index contributed by atoms with van der Waals surface area (Å²) in [6.45, 7) is 8.11. The number of aryl methyl sites for hydroxylation is 1. The van der Waals surface area contributed by atoms with Crippen LogP contribution in [-0.2, 0) is 9.53 Å². The topological polar surface area (TPSA) is 50.8 Å². The van der Waals surface area contributed by atoms with E-state index >= 15 is 0 Å². The molecule has 1 aromatic carbocycles. The maximum absolute atomic E-state index is 12.3. The molecule has 1 aliphatic rings. The van der Waals surface area contributed by atoms with Gasteiger partial charge in [0.25, 0.3) is 0 Å². The Morgan fingerprint density at radius 1 is 1.45 bits per heavy atom. The molecule has 1 aromatic rings. The number of hydrogen-bond acceptors (Lipinski definition) is 4. The molecule has 5 heteroatoms. The molecule has 1 amide bonds. The highest BCUT2D eigenvalue weighted by Crippen LogP contribution is 2.16. The van der Waals surface area contributed by atoms with E-state index in [1.54, 1.807) is 0 Å². The highest BCUT2D eigenvalue weighted by molar-refractivity contribution is 5.76. The molecule has 0 radical (unpaired) electrons. The highest BCUT2D eigenvalue weighted by Gasteiger charge is 2.20. The second-order valence-corrected chi connectivity index (χ2v) is 5.49. The first kappa shape index (κ1) is 16.8. The van der Waals surface area contributed by atoms with E-state index in [1.165, 1.54) is 0 Å². The van der Waals surface area contributed by atoms with E-state index in [4.69, 9.17) is 9.47 Å². The first-order valence-corrected chi connectivity index (χ1v) is 7.99. The van der Waals surface area contributed by atoms with E-state index < -0.39 is 0 Å². The molecule has 1 heterocycles. The molecule has 1 fully saturated rings. The molecule has 122 valence electrons. The molecule has 2 rings (SSSR count). The van der Waals surface area contributed by atoms with Crippen molar-refractivity contribution in [3.8, 4) is 5.75 Å². The summed E-state index contributed by atoms with van der Waals surface area (Å²) in [6.07, 6.45) is 0.429. The average molecular weight is 306 g/mol. The van der Waals surface area contributed by atoms with Crippen molar-refractivity contribution < 1.29 is 14.3 Å². The van der Waals surface area contributed by atoms with Gasteiger partial charge in [-0.05, 0) is 25.5 Å². The van der Waals surface area contributed by atoms with Gasteiger partial charge in [0.15, 0.2) is 0 Å². The zero-order chi connectivity index (χ0) is 15.8. The Balaban J connectivity index is 1.76. The van der Waals surface area contributed by atoms with Crippen molar-refractivity contribution >= 4 is 5.91 Å². The lowest BCUT2D eigenvalue weighted by Crippen LogP contribution is -2.43. The van der Waals surface area contributed by atoms with E-state index in [2.05, 4.69) is 5.32 Å². The first-order valence-electron chi connectivity index (χ1n) is 7.99. The molecule has 1 aliphatic heterocycles. The number of hydrogen-bond donors (Lipinski definition) is 1. The number of nitrogens with zero attached hydrogens (tertiary/aromatic N) is 1. The van der Waals surface area contributed by atoms with Crippen LogP contribution in [0.15, 0.2) is 24.3 Å². The van der Waals surface area contributed by atoms with Crippen molar-refractivity contribution in [2.24, 2.45) is 0 Å². The monoisotopic (exact) mass is 306 g/mol. The molecular weight excluding hydrogens is 280 g/mol. The Bertz CT molecular complexity index is 473. The Morgan fingerprint density at radius 3 is 2.95 bits per heavy atom. The van der Waals surface area contributed by atoms with E-state index in [0.717, 1.165) is 24.4 Å². The van der Waals surface area contributed by atoms with E-state index in [-0.39, 0.29) is 12.0 Å². The van der Waals surface area contributed by atoms with Crippen molar-refractivity contribution in [3.05, 3.63) is 29.8 Å². The molecule has 22 heavy (non-hydrogen) atoms. The van der Waals surface area contributed by atoms with Crippen LogP contribution >= 0.6 is 0 Å².